The van der Waals surface area contributed by atoms with Gasteiger partial charge in [-0.2, -0.15) is 15.0 Å². The van der Waals surface area contributed by atoms with Crippen molar-refractivity contribution in [1.82, 2.24) is 28.7 Å². The molecular formula is C75H51N9. The highest BCUT2D eigenvalue weighted by atomic mass is 15.4. The van der Waals surface area contributed by atoms with Gasteiger partial charge in [-0.25, -0.2) is 0 Å². The highest BCUT2D eigenvalue weighted by molar-refractivity contribution is 6.13. The molecule has 0 bridgehead atoms. The Morgan fingerprint density at radius 2 is 0.476 bits per heavy atom. The van der Waals surface area contributed by atoms with Gasteiger partial charge in [-0.05, 0) is 127 Å². The van der Waals surface area contributed by atoms with Crippen molar-refractivity contribution in [3.8, 4) is 17.3 Å². The third-order valence-electron chi connectivity index (χ3n) is 16.0. The summed E-state index contributed by atoms with van der Waals surface area (Å²) in [6, 6.07) is 109. The van der Waals surface area contributed by atoms with Crippen LogP contribution in [0.5, 0.6) is 0 Å². The fraction of sp³-hybridized carbons (Fsp3) is 0. The Morgan fingerprint density at radius 3 is 0.845 bits per heavy atom. The summed E-state index contributed by atoms with van der Waals surface area (Å²) in [5, 5.41) is 6.77. The van der Waals surface area contributed by atoms with Crippen LogP contribution in [-0.2, 0) is 0 Å². The Kier molecular flexibility index (Phi) is 11.6. The minimum atomic E-state index is 0.431. The Balaban J connectivity index is 0.993. The van der Waals surface area contributed by atoms with Crippen molar-refractivity contribution in [2.45, 2.75) is 0 Å². The molecule has 0 N–H and O–H groups in total. The first kappa shape index (κ1) is 48.4. The average Bonchev–Trinajstić information content (AvgIpc) is 3.18. The Bertz CT molecular complexity index is 4820. The zero-order valence-electron chi connectivity index (χ0n) is 45.5. The van der Waals surface area contributed by atoms with Crippen LogP contribution in [0.3, 0.4) is 0 Å². The van der Waals surface area contributed by atoms with Gasteiger partial charge >= 0.3 is 0 Å². The summed E-state index contributed by atoms with van der Waals surface area (Å²) in [5.41, 5.74) is 15.0. The number of anilines is 9. The smallest absolute Gasteiger partial charge is 0.241 e. The Labute approximate surface area is 484 Å². The first-order chi connectivity index (χ1) is 41.7. The number of rotatable bonds is 12. The number of benzene rings is 12. The van der Waals surface area contributed by atoms with Gasteiger partial charge in [0.2, 0.25) is 17.8 Å². The van der Waals surface area contributed by atoms with Gasteiger partial charge < -0.3 is 14.0 Å². The first-order valence-electron chi connectivity index (χ1n) is 28.3. The fourth-order valence-corrected chi connectivity index (χ4v) is 12.4. The van der Waals surface area contributed by atoms with E-state index in [1.165, 1.54) is 10.8 Å². The third kappa shape index (κ3) is 8.13. The predicted octanol–water partition coefficient (Wildman–Crippen LogP) is 19.6. The van der Waals surface area contributed by atoms with E-state index in [2.05, 4.69) is 326 Å². The van der Waals surface area contributed by atoms with Gasteiger partial charge in [0.05, 0.1) is 44.5 Å². The van der Waals surface area contributed by atoms with Crippen LogP contribution in [0.2, 0.25) is 0 Å². The van der Waals surface area contributed by atoms with Gasteiger partial charge in [0.15, 0.2) is 0 Å². The highest BCUT2D eigenvalue weighted by Gasteiger charge is 2.27. The molecule has 0 aliphatic carbocycles. The summed E-state index contributed by atoms with van der Waals surface area (Å²) in [6.45, 7) is 0. The molecule has 0 saturated carbocycles. The number of aromatic nitrogens is 6. The molecule has 0 aliphatic heterocycles. The second kappa shape index (κ2) is 20.2. The highest BCUT2D eigenvalue weighted by Crippen LogP contribution is 2.44. The standard InChI is InChI=1S/C75H51N9/c1-7-25-52(26-8-1)79(53-27-9-2-10-28-53)58-43-46-66-63-39-21-24-42-69(63)84(72(66)49-58)75-77-73(80(54-29-11-3-12-30-54)59-44-47-64-61-37-19-22-40-67(61)82(70(64)50-59)56-33-15-5-16-34-56)76-74(78-75)81(55-31-13-4-14-32-55)60-45-48-65-62-38-20-23-41-68(62)83(71(65)51-60)57-35-17-6-18-36-57/h1-51H. The number of nitrogens with zero attached hydrogens (tertiary/aromatic N) is 9. The number of hydrogen-bond acceptors (Lipinski definition) is 6. The summed E-state index contributed by atoms with van der Waals surface area (Å²) in [5.74, 6) is 1.31. The van der Waals surface area contributed by atoms with Crippen molar-refractivity contribution < 1.29 is 0 Å². The van der Waals surface area contributed by atoms with Crippen LogP contribution in [0.4, 0.5) is 51.7 Å². The number of fused-ring (bicyclic) bond motifs is 9. The maximum absolute atomic E-state index is 5.74. The summed E-state index contributed by atoms with van der Waals surface area (Å²) in [7, 11) is 0. The predicted molar refractivity (Wildman–Crippen MR) is 347 cm³/mol. The van der Waals surface area contributed by atoms with Crippen LogP contribution in [0.25, 0.3) is 82.7 Å². The molecule has 4 heterocycles. The van der Waals surface area contributed by atoms with Gasteiger partial charge in [0, 0.05) is 72.1 Å². The molecule has 16 rings (SSSR count). The van der Waals surface area contributed by atoms with Crippen molar-refractivity contribution in [2.24, 2.45) is 0 Å². The summed E-state index contributed by atoms with van der Waals surface area (Å²) in [6.07, 6.45) is 0. The topological polar surface area (TPSA) is 63.2 Å². The molecule has 0 radical (unpaired) electrons. The second-order valence-electron chi connectivity index (χ2n) is 20.9. The summed E-state index contributed by atoms with van der Waals surface area (Å²) in [4.78, 5) is 23.9. The molecule has 0 fully saturated rings. The lowest BCUT2D eigenvalue weighted by molar-refractivity contribution is 0.915. The van der Waals surface area contributed by atoms with Crippen LogP contribution in [0.15, 0.2) is 309 Å². The fourth-order valence-electron chi connectivity index (χ4n) is 12.4. The van der Waals surface area contributed by atoms with Crippen LogP contribution in [0.1, 0.15) is 0 Å². The molecule has 9 heteroatoms. The Morgan fingerprint density at radius 1 is 0.202 bits per heavy atom. The molecule has 0 spiro atoms. The van der Waals surface area contributed by atoms with E-state index < -0.39 is 0 Å². The molecule has 0 unspecified atom stereocenters. The maximum atomic E-state index is 5.74. The van der Waals surface area contributed by atoms with E-state index in [-0.39, 0.29) is 0 Å². The van der Waals surface area contributed by atoms with Crippen molar-refractivity contribution in [3.63, 3.8) is 0 Å². The number of hydrogen-bond donors (Lipinski definition) is 0. The van der Waals surface area contributed by atoms with Gasteiger partial charge in [-0.15, -0.1) is 0 Å². The van der Waals surface area contributed by atoms with E-state index in [0.717, 1.165) is 106 Å². The summed E-state index contributed by atoms with van der Waals surface area (Å²) < 4.78 is 6.93. The molecule has 396 valence electrons. The van der Waals surface area contributed by atoms with Gasteiger partial charge in [-0.3, -0.25) is 14.4 Å². The van der Waals surface area contributed by atoms with Crippen molar-refractivity contribution >= 4 is 117 Å². The number of para-hydroxylation sites is 9. The maximum Gasteiger partial charge on any atom is 0.241 e. The zero-order chi connectivity index (χ0) is 55.5. The SMILES string of the molecule is c1ccc(N(c2ccccc2)c2ccc3c4ccccc4n(-c4nc(N(c5ccccc5)c5ccc6c7ccccc7n(-c7ccccc7)c6c5)nc(N(c5ccccc5)c5ccc6c7ccccc7n(-c7ccccc7)c6c5)n4)c3c2)cc1. The minimum Gasteiger partial charge on any atom is -0.310 e. The molecule has 12 aromatic carbocycles. The lowest BCUT2D eigenvalue weighted by Gasteiger charge is -2.28. The van der Waals surface area contributed by atoms with Gasteiger partial charge in [0.1, 0.15) is 0 Å². The van der Waals surface area contributed by atoms with Crippen LogP contribution >= 0.6 is 0 Å². The average molecular weight is 1080 g/mol. The molecule has 0 aliphatic rings. The second-order valence-corrected chi connectivity index (χ2v) is 20.9. The normalized spacial score (nSPS) is 11.6. The quantitative estimate of drug-likeness (QED) is 0.121. The van der Waals surface area contributed by atoms with Crippen LogP contribution in [0, 0.1) is 0 Å². The molecule has 0 atom stereocenters. The largest absolute Gasteiger partial charge is 0.310 e. The monoisotopic (exact) mass is 1080 g/mol. The van der Waals surface area contributed by atoms with E-state index in [4.69, 9.17) is 15.0 Å². The first-order valence-corrected chi connectivity index (χ1v) is 28.3. The van der Waals surface area contributed by atoms with Gasteiger partial charge in [0.25, 0.3) is 0 Å². The Hall–Kier alpha value is -11.6. The molecule has 16 aromatic rings. The molecule has 0 saturated heterocycles. The lowest BCUT2D eigenvalue weighted by atomic mass is 10.1. The van der Waals surface area contributed by atoms with Gasteiger partial charge in [-0.1, -0.05) is 182 Å². The molecule has 4 aromatic heterocycles. The van der Waals surface area contributed by atoms with Crippen molar-refractivity contribution in [1.29, 1.82) is 0 Å². The van der Waals surface area contributed by atoms with Crippen molar-refractivity contribution in [2.75, 3.05) is 14.7 Å². The molecule has 84 heavy (non-hydrogen) atoms. The van der Waals surface area contributed by atoms with Crippen LogP contribution < -0.4 is 14.7 Å². The van der Waals surface area contributed by atoms with E-state index >= 15 is 0 Å². The van der Waals surface area contributed by atoms with E-state index in [0.29, 0.717) is 17.8 Å². The molecule has 0 amide bonds. The van der Waals surface area contributed by atoms with Crippen LogP contribution in [-0.4, -0.2) is 28.7 Å². The lowest BCUT2D eigenvalue weighted by Crippen LogP contribution is -2.20. The molecular weight excluding hydrogens is 1030 g/mol. The minimum absolute atomic E-state index is 0.431. The van der Waals surface area contributed by atoms with Crippen molar-refractivity contribution in [3.05, 3.63) is 309 Å². The van der Waals surface area contributed by atoms with E-state index in [1.54, 1.807) is 0 Å². The van der Waals surface area contributed by atoms with E-state index in [9.17, 15) is 0 Å². The molecule has 9 nitrogen and oxygen atoms in total. The summed E-state index contributed by atoms with van der Waals surface area (Å²) >= 11 is 0. The zero-order valence-corrected chi connectivity index (χ0v) is 45.5. The third-order valence-corrected chi connectivity index (χ3v) is 16.0. The van der Waals surface area contributed by atoms with E-state index in [1.807, 2.05) is 12.1 Å².